The van der Waals surface area contributed by atoms with Crippen molar-refractivity contribution in [2.75, 3.05) is 0 Å². The van der Waals surface area contributed by atoms with Gasteiger partial charge in [-0.05, 0) is 0 Å². The van der Waals surface area contributed by atoms with Gasteiger partial charge in [-0.25, -0.2) is 0 Å². The predicted molar refractivity (Wildman–Crippen MR) is 17.9 cm³/mol. The van der Waals surface area contributed by atoms with Crippen LogP contribution in [0.4, 0.5) is 0 Å². The second kappa shape index (κ2) is 15.7. The van der Waals surface area contributed by atoms with Crippen LogP contribution in [0, 0.1) is 0 Å². The van der Waals surface area contributed by atoms with E-state index in [0.717, 1.165) is 0 Å². The molecule has 0 aliphatic heterocycles. The monoisotopic (exact) mass is 196 g/mol. The second-order valence-electron chi connectivity index (χ2n) is 0.250. The van der Waals surface area contributed by atoms with E-state index in [4.69, 9.17) is 14.1 Å². The van der Waals surface area contributed by atoms with E-state index in [1.165, 1.54) is 0 Å². The summed E-state index contributed by atoms with van der Waals surface area (Å²) in [6, 6.07) is 0. The van der Waals surface area contributed by atoms with Crippen LogP contribution in [-0.4, -0.2) is 70.0 Å². The van der Waals surface area contributed by atoms with Crippen LogP contribution < -0.4 is 9.59 Å². The number of hydrogen-bond donors (Lipinski definition) is 0. The van der Waals surface area contributed by atoms with E-state index >= 15 is 0 Å². The third kappa shape index (κ3) is 66.3. The molecule has 0 rings (SSSR count). The number of rotatable bonds is 0. The van der Waals surface area contributed by atoms with Gasteiger partial charge >= 0.3 is 77.9 Å². The van der Waals surface area contributed by atoms with Gasteiger partial charge in [0.25, 0.3) is 0 Å². The van der Waals surface area contributed by atoms with Gasteiger partial charge in [0.1, 0.15) is 0 Å². The second-order valence-corrected chi connectivity index (χ2v) is 0.750. The Morgan fingerprint density at radius 3 is 1.29 bits per heavy atom. The van der Waals surface area contributed by atoms with E-state index in [0.29, 0.717) is 0 Å². The quantitative estimate of drug-likeness (QED) is 0.375. The topological polar surface area (TPSA) is 63.2 Å². The molecule has 0 aromatic rings. The normalized spacial score (nSPS) is 3.43. The Morgan fingerprint density at radius 2 is 1.29 bits per heavy atom. The van der Waals surface area contributed by atoms with E-state index < -0.39 is 9.17 Å². The van der Waals surface area contributed by atoms with E-state index in [9.17, 15) is 0 Å². The summed E-state index contributed by atoms with van der Waals surface area (Å²) in [4.78, 5) is 17.0. The average molecular weight is 196 g/mol. The molecule has 0 saturated carbocycles. The minimum Gasteiger partial charge on any atom is -0.672 e. The number of hydrogen-bond acceptors (Lipinski definition) is 3. The standard InChI is InChI=1S/Ca.Fe.Mg.O3Si/c;;;1-4(2)3/q3*+2;-2. The predicted octanol–water partition coefficient (Wildman–Crippen LogP) is -3.64. The Labute approximate surface area is 99.4 Å². The van der Waals surface area contributed by atoms with Crippen LogP contribution in [0.2, 0.25) is 0 Å². The first-order valence-corrected chi connectivity index (χ1v) is 1.84. The Hall–Kier alpha value is 2.16. The molecule has 0 amide bonds. The molecule has 0 N–H and O–H groups in total. The molecule has 3 nitrogen and oxygen atoms in total. The fraction of sp³-hybridized carbons (Fsp3) is 0. The van der Waals surface area contributed by atoms with Crippen molar-refractivity contribution >= 4 is 70.0 Å². The molecule has 7 heavy (non-hydrogen) atoms. The molecule has 0 aliphatic carbocycles. The van der Waals surface area contributed by atoms with Crippen molar-refractivity contribution in [1.82, 2.24) is 0 Å². The molecule has 0 aliphatic rings. The summed E-state index contributed by atoms with van der Waals surface area (Å²) in [6.07, 6.45) is 0. The molecule has 0 heterocycles. The van der Waals surface area contributed by atoms with Gasteiger partial charge in [-0.3, -0.25) is 0 Å². The molecular weight excluding hydrogens is 196 g/mol. The van der Waals surface area contributed by atoms with Crippen LogP contribution >= 0.6 is 0 Å². The molecule has 0 aromatic carbocycles. The van der Waals surface area contributed by atoms with Gasteiger partial charge in [-0.1, -0.05) is 0 Å². The van der Waals surface area contributed by atoms with Crippen molar-refractivity contribution < 1.29 is 31.1 Å². The minimum absolute atomic E-state index is 0. The zero-order valence-corrected chi connectivity index (χ0v) is 9.22. The van der Waals surface area contributed by atoms with E-state index in [2.05, 4.69) is 0 Å². The largest absolute Gasteiger partial charge is 2.00 e. The van der Waals surface area contributed by atoms with Crippen LogP contribution in [-0.2, 0) is 21.5 Å². The molecule has 0 fully saturated rings. The van der Waals surface area contributed by atoms with Crippen molar-refractivity contribution in [1.29, 1.82) is 0 Å². The van der Waals surface area contributed by atoms with Gasteiger partial charge in [0.05, 0.1) is 0 Å². The van der Waals surface area contributed by atoms with Crippen molar-refractivity contribution in [2.45, 2.75) is 0 Å². The van der Waals surface area contributed by atoms with E-state index in [1.54, 1.807) is 0 Å². The van der Waals surface area contributed by atoms with Gasteiger partial charge in [-0.2, -0.15) is 0 Å². The molecule has 0 radical (unpaired) electrons. The molecule has 30 valence electrons. The molecule has 0 aromatic heterocycles. The Bertz CT molecular complexity index is 37.9. The maximum Gasteiger partial charge on any atom is 2.00 e. The molecule has 0 atom stereocenters. The van der Waals surface area contributed by atoms with Crippen molar-refractivity contribution in [2.24, 2.45) is 0 Å². The van der Waals surface area contributed by atoms with Crippen LogP contribution in [0.5, 0.6) is 0 Å². The first-order valence-electron chi connectivity index (χ1n) is 0.612. The third-order valence-electron chi connectivity index (χ3n) is 0. The molecule has 0 bridgehead atoms. The summed E-state index contributed by atoms with van der Waals surface area (Å²) >= 11 is 0. The fourth-order valence-electron chi connectivity index (χ4n) is 0. The Morgan fingerprint density at radius 1 is 1.29 bits per heavy atom. The Kier molecular flexibility index (Phi) is 51.4. The van der Waals surface area contributed by atoms with Crippen LogP contribution in [0.25, 0.3) is 0 Å². The van der Waals surface area contributed by atoms with Gasteiger partial charge < -0.3 is 14.1 Å². The van der Waals surface area contributed by atoms with Crippen molar-refractivity contribution in [3.05, 3.63) is 0 Å². The molecule has 0 saturated heterocycles. The summed E-state index contributed by atoms with van der Waals surface area (Å²) in [7, 11) is -3.63. The van der Waals surface area contributed by atoms with Gasteiger partial charge in [0.2, 0.25) is 0 Å². The molecule has 0 unspecified atom stereocenters. The zero-order valence-electron chi connectivity index (χ0n) is 3.49. The first kappa shape index (κ1) is 22.9. The summed E-state index contributed by atoms with van der Waals surface area (Å²) in [6.45, 7) is 0. The van der Waals surface area contributed by atoms with Crippen LogP contribution in [0.1, 0.15) is 0 Å². The molecule has 7 heteroatoms. The van der Waals surface area contributed by atoms with Gasteiger partial charge in [-0.15, -0.1) is 0 Å². The van der Waals surface area contributed by atoms with Crippen molar-refractivity contribution in [3.63, 3.8) is 0 Å². The van der Waals surface area contributed by atoms with Crippen molar-refractivity contribution in [3.8, 4) is 0 Å². The van der Waals surface area contributed by atoms with Crippen LogP contribution in [0.15, 0.2) is 0 Å². The van der Waals surface area contributed by atoms with E-state index in [1.807, 2.05) is 0 Å². The molecular formula is CaFeMgO3Si+4. The summed E-state index contributed by atoms with van der Waals surface area (Å²) in [5.74, 6) is 0. The maximum absolute atomic E-state index is 8.52. The summed E-state index contributed by atoms with van der Waals surface area (Å²) in [5.41, 5.74) is 0. The zero-order chi connectivity index (χ0) is 3.58. The minimum atomic E-state index is -3.63. The van der Waals surface area contributed by atoms with Gasteiger partial charge in [0.15, 0.2) is 0 Å². The van der Waals surface area contributed by atoms with E-state index in [-0.39, 0.29) is 77.9 Å². The summed E-state index contributed by atoms with van der Waals surface area (Å²) < 4.78 is 8.52. The molecule has 0 spiro atoms. The first-order chi connectivity index (χ1) is 1.73. The van der Waals surface area contributed by atoms with Crippen LogP contribution in [0.3, 0.4) is 0 Å². The summed E-state index contributed by atoms with van der Waals surface area (Å²) in [5, 5.41) is 0. The fourth-order valence-corrected chi connectivity index (χ4v) is 0. The maximum atomic E-state index is 8.52. The van der Waals surface area contributed by atoms with Gasteiger partial charge in [0, 0.05) is 9.17 Å². The third-order valence-corrected chi connectivity index (χ3v) is 0. The SMILES string of the molecule is O=[Si]([O-])[O-].[Ca+2].[Fe+2].[Mg+2]. The average Bonchev–Trinajstić information content (AvgIpc) is 0.811. The smallest absolute Gasteiger partial charge is 0.672 e. The Balaban J connectivity index is -0.0000000150.